The van der Waals surface area contributed by atoms with Gasteiger partial charge in [-0.2, -0.15) is 0 Å². The molecule has 0 fully saturated rings. The van der Waals surface area contributed by atoms with Crippen molar-refractivity contribution in [2.24, 2.45) is 5.41 Å². The molecule has 1 aromatic heterocycles. The van der Waals surface area contributed by atoms with Crippen molar-refractivity contribution in [3.63, 3.8) is 0 Å². The van der Waals surface area contributed by atoms with Gasteiger partial charge in [-0.05, 0) is 32.2 Å². The number of rotatable bonds is 6. The van der Waals surface area contributed by atoms with E-state index in [1.54, 1.807) is 11.3 Å². The van der Waals surface area contributed by atoms with Gasteiger partial charge >= 0.3 is 12.0 Å². The van der Waals surface area contributed by atoms with Gasteiger partial charge in [-0.15, -0.1) is 11.3 Å². The summed E-state index contributed by atoms with van der Waals surface area (Å²) in [5, 5.41) is 15.7. The summed E-state index contributed by atoms with van der Waals surface area (Å²) < 4.78 is 0. The van der Waals surface area contributed by atoms with Crippen LogP contribution in [0, 0.1) is 5.41 Å². The van der Waals surface area contributed by atoms with Gasteiger partial charge in [0.2, 0.25) is 5.91 Å². The average molecular weight is 312 g/mol. The van der Waals surface area contributed by atoms with Crippen molar-refractivity contribution < 1.29 is 19.5 Å². The molecule has 1 rings (SSSR count). The molecule has 0 aromatic carbocycles. The van der Waals surface area contributed by atoms with Gasteiger partial charge < -0.3 is 10.4 Å². The number of imide groups is 1. The zero-order valence-corrected chi connectivity index (χ0v) is 13.1. The van der Waals surface area contributed by atoms with E-state index in [-0.39, 0.29) is 12.5 Å². The van der Waals surface area contributed by atoms with E-state index in [1.807, 2.05) is 24.4 Å². The number of nitrogens with one attached hydrogen (secondary N) is 2. The highest BCUT2D eigenvalue weighted by Gasteiger charge is 2.30. The van der Waals surface area contributed by atoms with Crippen LogP contribution in [0.3, 0.4) is 0 Å². The fraction of sp³-hybridized carbons (Fsp3) is 0.500. The zero-order chi connectivity index (χ0) is 16.0. The van der Waals surface area contributed by atoms with Crippen LogP contribution in [-0.4, -0.2) is 29.1 Å². The van der Waals surface area contributed by atoms with Crippen molar-refractivity contribution in [1.29, 1.82) is 0 Å². The highest BCUT2D eigenvalue weighted by molar-refractivity contribution is 7.09. The second-order valence-corrected chi connectivity index (χ2v) is 6.60. The smallest absolute Gasteiger partial charge is 0.321 e. The number of amides is 3. The molecule has 0 saturated heterocycles. The minimum atomic E-state index is -1.20. The van der Waals surface area contributed by atoms with Crippen LogP contribution in [-0.2, 0) is 16.0 Å². The van der Waals surface area contributed by atoms with E-state index in [1.165, 1.54) is 13.8 Å². The molecule has 0 spiro atoms. The van der Waals surface area contributed by atoms with Crippen LogP contribution in [0.25, 0.3) is 0 Å². The largest absolute Gasteiger partial charge is 0.481 e. The minimum Gasteiger partial charge on any atom is -0.481 e. The monoisotopic (exact) mass is 312 g/mol. The van der Waals surface area contributed by atoms with Gasteiger partial charge in [0, 0.05) is 23.8 Å². The van der Waals surface area contributed by atoms with Crippen molar-refractivity contribution in [3.8, 4) is 0 Å². The maximum absolute atomic E-state index is 11.7. The summed E-state index contributed by atoms with van der Waals surface area (Å²) in [6, 6.07) is 3.18. The van der Waals surface area contributed by atoms with Crippen LogP contribution >= 0.6 is 11.3 Å². The Morgan fingerprint density at radius 3 is 2.57 bits per heavy atom. The molecule has 7 heteroatoms. The molecule has 0 saturated carbocycles. The van der Waals surface area contributed by atoms with Gasteiger partial charge in [0.25, 0.3) is 0 Å². The molecule has 1 unspecified atom stereocenters. The standard InChI is InChI=1S/C14H20N2O4S/c1-9(7-10-5-4-6-21-10)15-13(20)16-11(17)8-14(2,3)12(18)19/h4-6,9H,7-8H2,1-3H3,(H,18,19)(H2,15,16,17,20). The summed E-state index contributed by atoms with van der Waals surface area (Å²) >= 11 is 1.60. The van der Waals surface area contributed by atoms with Crippen LogP contribution in [0.4, 0.5) is 4.79 Å². The highest BCUT2D eigenvalue weighted by atomic mass is 32.1. The summed E-state index contributed by atoms with van der Waals surface area (Å²) in [7, 11) is 0. The van der Waals surface area contributed by atoms with E-state index in [2.05, 4.69) is 10.6 Å². The summed E-state index contributed by atoms with van der Waals surface area (Å²) in [5.41, 5.74) is -1.20. The van der Waals surface area contributed by atoms with Crippen LogP contribution in [0.5, 0.6) is 0 Å². The number of thiophene rings is 1. The molecule has 3 amide bonds. The third-order valence-electron chi connectivity index (χ3n) is 2.90. The number of carboxylic acids is 1. The van der Waals surface area contributed by atoms with Crippen molar-refractivity contribution in [2.75, 3.05) is 0 Å². The summed E-state index contributed by atoms with van der Waals surface area (Å²) in [5.74, 6) is -1.69. The van der Waals surface area contributed by atoms with E-state index in [9.17, 15) is 14.4 Å². The van der Waals surface area contributed by atoms with E-state index in [0.717, 1.165) is 4.88 Å². The summed E-state index contributed by atoms with van der Waals surface area (Å²) in [6.07, 6.45) is 0.426. The number of carboxylic acid groups (broad SMARTS) is 1. The third kappa shape index (κ3) is 5.95. The normalized spacial score (nSPS) is 12.5. The van der Waals surface area contributed by atoms with E-state index in [4.69, 9.17) is 5.11 Å². The SMILES string of the molecule is CC(Cc1cccs1)NC(=O)NC(=O)CC(C)(C)C(=O)O. The topological polar surface area (TPSA) is 95.5 Å². The first-order valence-corrected chi connectivity index (χ1v) is 7.45. The maximum atomic E-state index is 11.7. The molecule has 0 bridgehead atoms. The van der Waals surface area contributed by atoms with Gasteiger partial charge in [-0.1, -0.05) is 6.07 Å². The van der Waals surface area contributed by atoms with Crippen molar-refractivity contribution in [2.45, 2.75) is 39.7 Å². The Kier molecular flexibility index (Phi) is 5.90. The second kappa shape index (κ2) is 7.21. The highest BCUT2D eigenvalue weighted by Crippen LogP contribution is 2.19. The number of hydrogen-bond acceptors (Lipinski definition) is 4. The Morgan fingerprint density at radius 2 is 2.05 bits per heavy atom. The lowest BCUT2D eigenvalue weighted by Gasteiger charge is -2.18. The lowest BCUT2D eigenvalue weighted by molar-refractivity contribution is -0.149. The van der Waals surface area contributed by atoms with Gasteiger partial charge in [0.15, 0.2) is 0 Å². The number of carbonyl (C=O) groups is 3. The lowest BCUT2D eigenvalue weighted by atomic mass is 9.89. The van der Waals surface area contributed by atoms with Crippen molar-refractivity contribution in [1.82, 2.24) is 10.6 Å². The molecule has 1 aromatic rings. The van der Waals surface area contributed by atoms with Crippen molar-refractivity contribution in [3.05, 3.63) is 22.4 Å². The molecular formula is C14H20N2O4S. The van der Waals surface area contributed by atoms with E-state index in [0.29, 0.717) is 6.42 Å². The van der Waals surface area contributed by atoms with Gasteiger partial charge in [-0.3, -0.25) is 14.9 Å². The molecule has 0 aliphatic heterocycles. The van der Waals surface area contributed by atoms with Gasteiger partial charge in [-0.25, -0.2) is 4.79 Å². The molecule has 0 aliphatic carbocycles. The van der Waals surface area contributed by atoms with Crippen LogP contribution < -0.4 is 10.6 Å². The predicted molar refractivity (Wildman–Crippen MR) is 80.2 cm³/mol. The molecular weight excluding hydrogens is 292 g/mol. The van der Waals surface area contributed by atoms with Gasteiger partial charge in [0.05, 0.1) is 5.41 Å². The fourth-order valence-corrected chi connectivity index (χ4v) is 2.52. The number of aliphatic carboxylic acids is 1. The lowest BCUT2D eigenvalue weighted by Crippen LogP contribution is -2.45. The van der Waals surface area contributed by atoms with Crippen LogP contribution in [0.15, 0.2) is 17.5 Å². The quantitative estimate of drug-likeness (QED) is 0.748. The fourth-order valence-electron chi connectivity index (χ4n) is 1.69. The average Bonchev–Trinajstić information content (AvgIpc) is 2.79. The molecule has 1 atom stereocenters. The Labute approximate surface area is 127 Å². The summed E-state index contributed by atoms with van der Waals surface area (Å²) in [6.45, 7) is 4.71. The van der Waals surface area contributed by atoms with E-state index < -0.39 is 23.3 Å². The van der Waals surface area contributed by atoms with E-state index >= 15 is 0 Å². The first-order valence-electron chi connectivity index (χ1n) is 6.57. The number of urea groups is 1. The first-order chi connectivity index (χ1) is 9.70. The summed E-state index contributed by atoms with van der Waals surface area (Å²) in [4.78, 5) is 35.4. The van der Waals surface area contributed by atoms with Crippen LogP contribution in [0.1, 0.15) is 32.1 Å². The zero-order valence-electron chi connectivity index (χ0n) is 12.3. The Hall–Kier alpha value is -1.89. The molecule has 3 N–H and O–H groups in total. The second-order valence-electron chi connectivity index (χ2n) is 5.57. The molecule has 1 heterocycles. The molecule has 116 valence electrons. The Morgan fingerprint density at radius 1 is 1.38 bits per heavy atom. The maximum Gasteiger partial charge on any atom is 0.321 e. The van der Waals surface area contributed by atoms with Gasteiger partial charge in [0.1, 0.15) is 0 Å². The third-order valence-corrected chi connectivity index (χ3v) is 3.80. The molecule has 0 radical (unpaired) electrons. The molecule has 6 nitrogen and oxygen atoms in total. The number of hydrogen-bond donors (Lipinski definition) is 3. The predicted octanol–water partition coefficient (Wildman–Crippen LogP) is 2.01. The number of carbonyl (C=O) groups excluding carboxylic acids is 2. The molecule has 21 heavy (non-hydrogen) atoms. The Bertz CT molecular complexity index is 511. The molecule has 0 aliphatic rings. The Balaban J connectivity index is 2.39. The minimum absolute atomic E-state index is 0.121. The first kappa shape index (κ1) is 17.2. The van der Waals surface area contributed by atoms with Crippen LogP contribution in [0.2, 0.25) is 0 Å². The van der Waals surface area contributed by atoms with Crippen molar-refractivity contribution >= 4 is 29.2 Å².